The van der Waals surface area contributed by atoms with E-state index in [1.54, 1.807) is 32.4 Å². The van der Waals surface area contributed by atoms with E-state index in [1.807, 2.05) is 0 Å². The Labute approximate surface area is 118 Å². The summed E-state index contributed by atoms with van der Waals surface area (Å²) in [7, 11) is 3.13. The third kappa shape index (κ3) is 3.77. The van der Waals surface area contributed by atoms with Crippen LogP contribution in [0.5, 0.6) is 11.5 Å². The molecule has 2 rings (SSSR count). The Morgan fingerprint density at radius 2 is 2.15 bits per heavy atom. The highest BCUT2D eigenvalue weighted by atomic mass is 16.5. The van der Waals surface area contributed by atoms with Crippen molar-refractivity contribution in [3.8, 4) is 11.5 Å². The molecule has 0 bridgehead atoms. The van der Waals surface area contributed by atoms with E-state index in [0.717, 1.165) is 19.6 Å². The molecule has 2 N–H and O–H groups in total. The van der Waals surface area contributed by atoms with Crippen LogP contribution in [0.3, 0.4) is 0 Å². The second-order valence-electron chi connectivity index (χ2n) is 4.63. The van der Waals surface area contributed by atoms with Crippen molar-refractivity contribution in [2.45, 2.75) is 6.42 Å². The second-order valence-corrected chi connectivity index (χ2v) is 4.63. The highest BCUT2D eigenvalue weighted by Crippen LogP contribution is 2.29. The van der Waals surface area contributed by atoms with Gasteiger partial charge in [0.05, 0.1) is 20.8 Å². The minimum atomic E-state index is -0.232. The number of carbonyl (C=O) groups excluding carboxylic acids is 1. The Morgan fingerprint density at radius 3 is 2.80 bits per heavy atom. The zero-order chi connectivity index (χ0) is 14.4. The molecule has 1 aromatic rings. The first-order valence-corrected chi connectivity index (χ1v) is 6.57. The monoisotopic (exact) mass is 280 g/mol. The highest BCUT2D eigenvalue weighted by Gasteiger charge is 2.16. The molecular formula is C14H20N2O4. The molecule has 1 aliphatic heterocycles. The van der Waals surface area contributed by atoms with Gasteiger partial charge in [-0.25, -0.2) is 4.79 Å². The SMILES string of the molecule is COc1ccc(NC(=O)NC[C@@H]2CCOC2)cc1OC. The lowest BCUT2D eigenvalue weighted by Gasteiger charge is -2.12. The van der Waals surface area contributed by atoms with Gasteiger partial charge in [-0.3, -0.25) is 0 Å². The van der Waals surface area contributed by atoms with Crippen LogP contribution >= 0.6 is 0 Å². The topological polar surface area (TPSA) is 68.8 Å². The summed E-state index contributed by atoms with van der Waals surface area (Å²) in [5, 5.41) is 5.60. The Bertz CT molecular complexity index is 458. The minimum absolute atomic E-state index is 0.232. The smallest absolute Gasteiger partial charge is 0.319 e. The van der Waals surface area contributed by atoms with Crippen LogP contribution in [0.4, 0.5) is 10.5 Å². The van der Waals surface area contributed by atoms with Crippen LogP contribution in [-0.2, 0) is 4.74 Å². The maximum absolute atomic E-state index is 11.8. The molecule has 1 saturated heterocycles. The standard InChI is InChI=1S/C14H20N2O4/c1-18-12-4-3-11(7-13(12)19-2)16-14(17)15-8-10-5-6-20-9-10/h3-4,7,10H,5-6,8-9H2,1-2H3,(H2,15,16,17)/t10-/m0/s1. The number of carbonyl (C=O) groups is 1. The molecule has 110 valence electrons. The predicted molar refractivity (Wildman–Crippen MR) is 75.5 cm³/mol. The van der Waals surface area contributed by atoms with Gasteiger partial charge in [0, 0.05) is 30.8 Å². The Balaban J connectivity index is 1.86. The Morgan fingerprint density at radius 1 is 1.35 bits per heavy atom. The number of methoxy groups -OCH3 is 2. The van der Waals surface area contributed by atoms with Gasteiger partial charge in [-0.2, -0.15) is 0 Å². The molecule has 1 atom stereocenters. The van der Waals surface area contributed by atoms with Crippen molar-refractivity contribution in [3.63, 3.8) is 0 Å². The first-order chi connectivity index (χ1) is 9.72. The number of ether oxygens (including phenoxy) is 3. The van der Waals surface area contributed by atoms with Gasteiger partial charge in [-0.1, -0.05) is 0 Å². The van der Waals surface area contributed by atoms with E-state index in [-0.39, 0.29) is 6.03 Å². The summed E-state index contributed by atoms with van der Waals surface area (Å²) < 4.78 is 15.6. The molecule has 6 heteroatoms. The number of hydrogen-bond donors (Lipinski definition) is 2. The van der Waals surface area contributed by atoms with Crippen LogP contribution < -0.4 is 20.1 Å². The molecule has 1 fully saturated rings. The molecule has 1 aromatic carbocycles. The maximum atomic E-state index is 11.8. The predicted octanol–water partition coefficient (Wildman–Crippen LogP) is 1.86. The molecule has 6 nitrogen and oxygen atoms in total. The van der Waals surface area contributed by atoms with E-state index in [0.29, 0.717) is 29.6 Å². The summed E-state index contributed by atoms with van der Waals surface area (Å²) in [6, 6.07) is 5.00. The van der Waals surface area contributed by atoms with Gasteiger partial charge < -0.3 is 24.8 Å². The third-order valence-electron chi connectivity index (χ3n) is 3.22. The summed E-state index contributed by atoms with van der Waals surface area (Å²) in [5.74, 6) is 1.61. The van der Waals surface area contributed by atoms with E-state index in [9.17, 15) is 4.79 Å². The van der Waals surface area contributed by atoms with Gasteiger partial charge in [0.15, 0.2) is 11.5 Å². The van der Waals surface area contributed by atoms with Crippen molar-refractivity contribution in [1.29, 1.82) is 0 Å². The van der Waals surface area contributed by atoms with E-state index in [4.69, 9.17) is 14.2 Å². The second kappa shape index (κ2) is 7.00. The molecule has 0 spiro atoms. The molecule has 0 saturated carbocycles. The van der Waals surface area contributed by atoms with Crippen LogP contribution in [-0.4, -0.2) is 40.0 Å². The largest absolute Gasteiger partial charge is 0.493 e. The molecule has 0 aliphatic carbocycles. The fourth-order valence-electron chi connectivity index (χ4n) is 2.07. The van der Waals surface area contributed by atoms with E-state index in [2.05, 4.69) is 10.6 Å². The first-order valence-electron chi connectivity index (χ1n) is 6.57. The zero-order valence-electron chi connectivity index (χ0n) is 11.8. The molecule has 0 radical (unpaired) electrons. The van der Waals surface area contributed by atoms with Crippen LogP contribution in [0.1, 0.15) is 6.42 Å². The fourth-order valence-corrected chi connectivity index (χ4v) is 2.07. The quantitative estimate of drug-likeness (QED) is 0.864. The number of hydrogen-bond acceptors (Lipinski definition) is 4. The zero-order valence-corrected chi connectivity index (χ0v) is 11.8. The molecule has 2 amide bonds. The maximum Gasteiger partial charge on any atom is 0.319 e. The van der Waals surface area contributed by atoms with Crippen molar-refractivity contribution < 1.29 is 19.0 Å². The number of amides is 2. The van der Waals surface area contributed by atoms with E-state index < -0.39 is 0 Å². The molecule has 1 aliphatic rings. The Kier molecular flexibility index (Phi) is 5.06. The molecule has 20 heavy (non-hydrogen) atoms. The Hall–Kier alpha value is -1.95. The first kappa shape index (κ1) is 14.5. The van der Waals surface area contributed by atoms with Crippen molar-refractivity contribution in [1.82, 2.24) is 5.32 Å². The van der Waals surface area contributed by atoms with Crippen LogP contribution in [0.15, 0.2) is 18.2 Å². The van der Waals surface area contributed by atoms with Gasteiger partial charge in [0.2, 0.25) is 0 Å². The summed E-state index contributed by atoms with van der Waals surface area (Å²) >= 11 is 0. The normalized spacial score (nSPS) is 17.6. The summed E-state index contributed by atoms with van der Waals surface area (Å²) in [4.78, 5) is 11.8. The van der Waals surface area contributed by atoms with Crippen molar-refractivity contribution in [2.75, 3.05) is 39.3 Å². The van der Waals surface area contributed by atoms with Gasteiger partial charge in [0.1, 0.15) is 0 Å². The lowest BCUT2D eigenvalue weighted by molar-refractivity contribution is 0.185. The summed E-state index contributed by atoms with van der Waals surface area (Å²) in [6.07, 6.45) is 0.997. The molecule has 0 unspecified atom stereocenters. The average molecular weight is 280 g/mol. The third-order valence-corrected chi connectivity index (χ3v) is 3.22. The average Bonchev–Trinajstić information content (AvgIpc) is 2.98. The van der Waals surface area contributed by atoms with E-state index in [1.165, 1.54) is 0 Å². The lowest BCUT2D eigenvalue weighted by atomic mass is 10.1. The fraction of sp³-hybridized carbons (Fsp3) is 0.500. The van der Waals surface area contributed by atoms with Gasteiger partial charge in [-0.15, -0.1) is 0 Å². The number of anilines is 1. The summed E-state index contributed by atoms with van der Waals surface area (Å²) in [5.41, 5.74) is 0.655. The van der Waals surface area contributed by atoms with Gasteiger partial charge >= 0.3 is 6.03 Å². The molecular weight excluding hydrogens is 260 g/mol. The van der Waals surface area contributed by atoms with Crippen LogP contribution in [0, 0.1) is 5.92 Å². The van der Waals surface area contributed by atoms with Crippen molar-refractivity contribution in [2.24, 2.45) is 5.92 Å². The summed E-state index contributed by atoms with van der Waals surface area (Å²) in [6.45, 7) is 2.12. The number of nitrogens with one attached hydrogen (secondary N) is 2. The number of benzene rings is 1. The number of urea groups is 1. The lowest BCUT2D eigenvalue weighted by Crippen LogP contribution is -2.33. The van der Waals surface area contributed by atoms with Crippen molar-refractivity contribution >= 4 is 11.7 Å². The van der Waals surface area contributed by atoms with Crippen molar-refractivity contribution in [3.05, 3.63) is 18.2 Å². The van der Waals surface area contributed by atoms with E-state index >= 15 is 0 Å². The minimum Gasteiger partial charge on any atom is -0.493 e. The molecule has 0 aromatic heterocycles. The van der Waals surface area contributed by atoms with Crippen LogP contribution in [0.25, 0.3) is 0 Å². The van der Waals surface area contributed by atoms with Gasteiger partial charge in [0.25, 0.3) is 0 Å². The number of rotatable bonds is 5. The van der Waals surface area contributed by atoms with Crippen LogP contribution in [0.2, 0.25) is 0 Å². The van der Waals surface area contributed by atoms with Gasteiger partial charge in [-0.05, 0) is 18.6 Å². The highest BCUT2D eigenvalue weighted by molar-refractivity contribution is 5.89. The molecule has 1 heterocycles.